The first-order chi connectivity index (χ1) is 20.0. The predicted molar refractivity (Wildman–Crippen MR) is 153 cm³/mol. The van der Waals surface area contributed by atoms with Crippen molar-refractivity contribution >= 4 is 46.5 Å². The van der Waals surface area contributed by atoms with Crippen molar-refractivity contribution in [3.8, 4) is 0 Å². The fourth-order valence-electron chi connectivity index (χ4n) is 4.95. The standard InChI is InChI=1S/C27H38N8O7/c28-17(9-10-22(36)37)25(40)35-12-4-8-21(35)24(39)34-20(13-15-14-32-18-6-2-1-5-16(15)18)23(38)33-19(26(41)42)7-3-11-31-27(29)30/h1-2,5-6,14,17,19-21,32H,3-4,7-13,28H2,(H,33,38)(H,34,39)(H,36,37)(H,41,42)(H4,29,30,31). The number of aliphatic carboxylic acids is 2. The van der Waals surface area contributed by atoms with E-state index in [1.54, 1.807) is 6.20 Å². The number of fused-ring (bicyclic) bond motifs is 1. The summed E-state index contributed by atoms with van der Waals surface area (Å²) >= 11 is 0. The largest absolute Gasteiger partial charge is 0.481 e. The van der Waals surface area contributed by atoms with Crippen LogP contribution in [0.25, 0.3) is 10.9 Å². The first-order valence-electron chi connectivity index (χ1n) is 13.7. The van der Waals surface area contributed by atoms with Crippen molar-refractivity contribution in [3.05, 3.63) is 36.0 Å². The van der Waals surface area contributed by atoms with E-state index in [0.717, 1.165) is 16.5 Å². The van der Waals surface area contributed by atoms with E-state index in [1.165, 1.54) is 4.90 Å². The molecule has 2 heterocycles. The van der Waals surface area contributed by atoms with Gasteiger partial charge in [0.1, 0.15) is 18.1 Å². The van der Waals surface area contributed by atoms with Crippen molar-refractivity contribution in [2.75, 3.05) is 13.1 Å². The highest BCUT2D eigenvalue weighted by molar-refractivity contribution is 5.95. The number of carboxylic acids is 2. The maximum absolute atomic E-state index is 13.5. The lowest BCUT2D eigenvalue weighted by Gasteiger charge is -2.28. The first-order valence-corrected chi connectivity index (χ1v) is 13.7. The summed E-state index contributed by atoms with van der Waals surface area (Å²) in [6, 6.07) is 2.97. The Morgan fingerprint density at radius 2 is 1.81 bits per heavy atom. The minimum atomic E-state index is -1.26. The van der Waals surface area contributed by atoms with Gasteiger partial charge < -0.3 is 47.9 Å². The third kappa shape index (κ3) is 8.67. The van der Waals surface area contributed by atoms with Gasteiger partial charge in [-0.15, -0.1) is 0 Å². The van der Waals surface area contributed by atoms with Gasteiger partial charge >= 0.3 is 11.9 Å². The quantitative estimate of drug-likeness (QED) is 0.0717. The zero-order valence-corrected chi connectivity index (χ0v) is 23.1. The van der Waals surface area contributed by atoms with Gasteiger partial charge in [0.2, 0.25) is 17.7 Å². The molecule has 1 aliphatic heterocycles. The molecule has 0 spiro atoms. The SMILES string of the molecule is NC(N)=NCCCC(NC(=O)C(Cc1c[nH]c2ccccc12)NC(=O)C1CCCN1C(=O)C(N)CCC(=O)O)C(=O)O. The Bertz CT molecular complexity index is 1320. The van der Waals surface area contributed by atoms with Crippen molar-refractivity contribution in [2.24, 2.45) is 22.2 Å². The molecule has 42 heavy (non-hydrogen) atoms. The number of hydrogen-bond acceptors (Lipinski definition) is 7. The second-order valence-electron chi connectivity index (χ2n) is 10.2. The fourth-order valence-corrected chi connectivity index (χ4v) is 4.95. The van der Waals surface area contributed by atoms with Gasteiger partial charge in [0.05, 0.1) is 6.04 Å². The number of likely N-dealkylation sites (tertiary alicyclic amines) is 1. The molecule has 3 rings (SSSR count). The molecular formula is C27H38N8O7. The van der Waals surface area contributed by atoms with Gasteiger partial charge in [-0.2, -0.15) is 0 Å². The van der Waals surface area contributed by atoms with Crippen LogP contribution in [0.4, 0.5) is 0 Å². The van der Waals surface area contributed by atoms with Gasteiger partial charge in [-0.05, 0) is 43.7 Å². The average molecular weight is 587 g/mol. The molecule has 1 saturated heterocycles. The summed E-state index contributed by atoms with van der Waals surface area (Å²) in [7, 11) is 0. The normalized spacial score (nSPS) is 16.8. The Kier molecular flexibility index (Phi) is 11.2. The average Bonchev–Trinajstić information content (AvgIpc) is 3.60. The number of aromatic amines is 1. The van der Waals surface area contributed by atoms with Crippen LogP contribution in [0, 0.1) is 0 Å². The summed E-state index contributed by atoms with van der Waals surface area (Å²) in [4.78, 5) is 70.9. The molecule has 228 valence electrons. The van der Waals surface area contributed by atoms with E-state index in [0.29, 0.717) is 12.8 Å². The van der Waals surface area contributed by atoms with Gasteiger partial charge in [-0.25, -0.2) is 4.79 Å². The number of carbonyl (C=O) groups is 5. The van der Waals surface area contributed by atoms with E-state index in [2.05, 4.69) is 20.6 Å². The number of nitrogens with zero attached hydrogens (tertiary/aromatic N) is 2. The number of carbonyl (C=O) groups excluding carboxylic acids is 3. The highest BCUT2D eigenvalue weighted by atomic mass is 16.4. The minimum Gasteiger partial charge on any atom is -0.481 e. The lowest BCUT2D eigenvalue weighted by atomic mass is 10.0. The summed E-state index contributed by atoms with van der Waals surface area (Å²) in [5.74, 6) is -4.32. The molecule has 1 fully saturated rings. The van der Waals surface area contributed by atoms with Crippen LogP contribution in [0.1, 0.15) is 44.1 Å². The molecule has 1 aromatic heterocycles. The van der Waals surface area contributed by atoms with Crippen LogP contribution in [0.5, 0.6) is 0 Å². The molecule has 4 unspecified atom stereocenters. The number of guanidine groups is 1. The van der Waals surface area contributed by atoms with Crippen LogP contribution in [0.15, 0.2) is 35.5 Å². The molecule has 0 bridgehead atoms. The third-order valence-corrected chi connectivity index (χ3v) is 7.12. The molecule has 1 aromatic carbocycles. The number of aromatic nitrogens is 1. The molecule has 0 aliphatic carbocycles. The first kappa shape index (κ1) is 31.9. The number of carboxylic acid groups (broad SMARTS) is 2. The maximum Gasteiger partial charge on any atom is 0.326 e. The van der Waals surface area contributed by atoms with E-state index in [1.807, 2.05) is 24.3 Å². The second-order valence-corrected chi connectivity index (χ2v) is 10.2. The lowest BCUT2D eigenvalue weighted by Crippen LogP contribution is -2.57. The molecule has 0 radical (unpaired) electrons. The monoisotopic (exact) mass is 586 g/mol. The molecule has 1 aliphatic rings. The fraction of sp³-hybridized carbons (Fsp3) is 0.481. The number of amides is 3. The zero-order valence-electron chi connectivity index (χ0n) is 23.1. The smallest absolute Gasteiger partial charge is 0.326 e. The zero-order chi connectivity index (χ0) is 30.8. The van der Waals surface area contributed by atoms with Crippen molar-refractivity contribution in [3.63, 3.8) is 0 Å². The molecule has 15 heteroatoms. The highest BCUT2D eigenvalue weighted by Crippen LogP contribution is 2.22. The van der Waals surface area contributed by atoms with Crippen LogP contribution in [-0.2, 0) is 30.4 Å². The number of para-hydroxylation sites is 1. The molecule has 2 aromatic rings. The molecule has 11 N–H and O–H groups in total. The van der Waals surface area contributed by atoms with Crippen LogP contribution in [0.3, 0.4) is 0 Å². The van der Waals surface area contributed by atoms with Crippen LogP contribution in [0.2, 0.25) is 0 Å². The molecule has 4 atom stereocenters. The van der Waals surface area contributed by atoms with Gasteiger partial charge in [0.25, 0.3) is 0 Å². The van der Waals surface area contributed by atoms with Gasteiger partial charge in [0.15, 0.2) is 5.96 Å². The Hall–Kier alpha value is -4.66. The van der Waals surface area contributed by atoms with Gasteiger partial charge in [-0.3, -0.25) is 24.2 Å². The number of benzene rings is 1. The Balaban J connectivity index is 1.78. The van der Waals surface area contributed by atoms with E-state index < -0.39 is 53.8 Å². The number of nitrogens with two attached hydrogens (primary N) is 3. The third-order valence-electron chi connectivity index (χ3n) is 7.12. The van der Waals surface area contributed by atoms with E-state index in [9.17, 15) is 29.1 Å². The second kappa shape index (κ2) is 14.8. The number of hydrogen-bond donors (Lipinski definition) is 8. The van der Waals surface area contributed by atoms with Crippen molar-refractivity contribution in [2.45, 2.75) is 69.1 Å². The number of H-pyrrole nitrogens is 1. The highest BCUT2D eigenvalue weighted by Gasteiger charge is 2.38. The molecule has 0 saturated carbocycles. The summed E-state index contributed by atoms with van der Waals surface area (Å²) in [5.41, 5.74) is 18.1. The Labute approximate surface area is 241 Å². The maximum atomic E-state index is 13.5. The van der Waals surface area contributed by atoms with Gasteiger partial charge in [-0.1, -0.05) is 18.2 Å². The summed E-state index contributed by atoms with van der Waals surface area (Å²) < 4.78 is 0. The van der Waals surface area contributed by atoms with E-state index in [-0.39, 0.29) is 51.2 Å². The molecule has 15 nitrogen and oxygen atoms in total. The molecule has 3 amide bonds. The topological polar surface area (TPSA) is 259 Å². The number of rotatable bonds is 15. The lowest BCUT2D eigenvalue weighted by molar-refractivity contribution is -0.143. The van der Waals surface area contributed by atoms with Crippen LogP contribution >= 0.6 is 0 Å². The minimum absolute atomic E-state index is 0.0424. The Morgan fingerprint density at radius 3 is 2.50 bits per heavy atom. The number of aliphatic imine (C=N–C) groups is 1. The van der Waals surface area contributed by atoms with Gasteiger partial charge in [0, 0.05) is 43.0 Å². The van der Waals surface area contributed by atoms with Crippen LogP contribution < -0.4 is 27.8 Å². The summed E-state index contributed by atoms with van der Waals surface area (Å²) in [6.45, 7) is 0.436. The van der Waals surface area contributed by atoms with Crippen molar-refractivity contribution < 1.29 is 34.2 Å². The van der Waals surface area contributed by atoms with E-state index >= 15 is 0 Å². The predicted octanol–water partition coefficient (Wildman–Crippen LogP) is -0.999. The Morgan fingerprint density at radius 1 is 1.07 bits per heavy atom. The molecular weight excluding hydrogens is 548 g/mol. The van der Waals surface area contributed by atoms with Crippen molar-refractivity contribution in [1.29, 1.82) is 0 Å². The summed E-state index contributed by atoms with van der Waals surface area (Å²) in [6.07, 6.45) is 2.57. The van der Waals surface area contributed by atoms with E-state index in [4.69, 9.17) is 22.3 Å². The summed E-state index contributed by atoms with van der Waals surface area (Å²) in [5, 5.41) is 24.7. The number of nitrogens with one attached hydrogen (secondary N) is 3. The van der Waals surface area contributed by atoms with Crippen LogP contribution in [-0.4, -0.2) is 93.0 Å². The van der Waals surface area contributed by atoms with Crippen molar-refractivity contribution in [1.82, 2.24) is 20.5 Å².